The first-order valence-electron chi connectivity index (χ1n) is 8.80. The fourth-order valence-electron chi connectivity index (χ4n) is 3.47. The van der Waals surface area contributed by atoms with Gasteiger partial charge in [0.25, 0.3) is 0 Å². The van der Waals surface area contributed by atoms with Gasteiger partial charge in [-0.15, -0.1) is 0 Å². The molecular formula is C19H27N3O. The third-order valence-corrected chi connectivity index (χ3v) is 4.97. The lowest BCUT2D eigenvalue weighted by atomic mass is 9.96. The van der Waals surface area contributed by atoms with Crippen LogP contribution in [0, 0.1) is 13.8 Å². The van der Waals surface area contributed by atoms with Crippen LogP contribution in [0.2, 0.25) is 0 Å². The summed E-state index contributed by atoms with van der Waals surface area (Å²) in [7, 11) is 0. The molecule has 1 fully saturated rings. The summed E-state index contributed by atoms with van der Waals surface area (Å²) in [4.78, 5) is 7.04. The van der Waals surface area contributed by atoms with E-state index in [9.17, 15) is 0 Å². The summed E-state index contributed by atoms with van der Waals surface area (Å²) in [5.41, 5.74) is 4.24. The lowest BCUT2D eigenvalue weighted by molar-refractivity contribution is 0.211. The highest BCUT2D eigenvalue weighted by molar-refractivity contribution is 5.35. The van der Waals surface area contributed by atoms with Gasteiger partial charge in [-0.3, -0.25) is 4.90 Å². The van der Waals surface area contributed by atoms with Crippen molar-refractivity contribution in [1.29, 1.82) is 0 Å². The predicted octanol–water partition coefficient (Wildman–Crippen LogP) is 4.37. The summed E-state index contributed by atoms with van der Waals surface area (Å²) in [5.74, 6) is 1.61. The molecule has 0 spiro atoms. The van der Waals surface area contributed by atoms with Crippen molar-refractivity contribution >= 4 is 0 Å². The lowest BCUT2D eigenvalue weighted by Crippen LogP contribution is -2.23. The highest BCUT2D eigenvalue weighted by Crippen LogP contribution is 2.35. The smallest absolute Gasteiger partial charge is 0.240 e. The van der Waals surface area contributed by atoms with Gasteiger partial charge in [-0.25, -0.2) is 0 Å². The average molecular weight is 313 g/mol. The molecule has 1 aromatic carbocycles. The van der Waals surface area contributed by atoms with Crippen LogP contribution in [-0.2, 0) is 13.0 Å². The van der Waals surface area contributed by atoms with E-state index in [1.807, 2.05) is 0 Å². The number of aromatic nitrogens is 2. The van der Waals surface area contributed by atoms with Crippen LogP contribution in [0.4, 0.5) is 0 Å². The molecule has 124 valence electrons. The average Bonchev–Trinajstić information content (AvgIpc) is 3.18. The summed E-state index contributed by atoms with van der Waals surface area (Å²) in [6.07, 6.45) is 5.63. The highest BCUT2D eigenvalue weighted by Gasteiger charge is 2.28. The maximum absolute atomic E-state index is 5.46. The van der Waals surface area contributed by atoms with Gasteiger partial charge in [-0.05, 0) is 56.3 Å². The molecule has 0 aliphatic carbocycles. The summed E-state index contributed by atoms with van der Waals surface area (Å²) in [6.45, 7) is 8.47. The van der Waals surface area contributed by atoms with Crippen molar-refractivity contribution in [1.82, 2.24) is 15.0 Å². The number of unbranched alkanes of at least 4 members (excludes halogenated alkanes) is 1. The van der Waals surface area contributed by atoms with Crippen molar-refractivity contribution in [3.8, 4) is 0 Å². The molecule has 4 heteroatoms. The normalized spacial score (nSPS) is 18.7. The Morgan fingerprint density at radius 3 is 3.00 bits per heavy atom. The molecule has 3 rings (SSSR count). The maximum Gasteiger partial charge on any atom is 0.240 e. The Morgan fingerprint density at radius 2 is 2.17 bits per heavy atom. The number of hydrogen-bond acceptors (Lipinski definition) is 4. The van der Waals surface area contributed by atoms with Crippen molar-refractivity contribution in [2.24, 2.45) is 0 Å². The lowest BCUT2D eigenvalue weighted by Gasteiger charge is -2.25. The SMILES string of the molecule is CCCCc1noc(CN2CCC[C@@H]2c2cccc(C)c2C)n1. The second-order valence-corrected chi connectivity index (χ2v) is 6.63. The van der Waals surface area contributed by atoms with Crippen LogP contribution in [0.5, 0.6) is 0 Å². The van der Waals surface area contributed by atoms with E-state index in [-0.39, 0.29) is 0 Å². The minimum atomic E-state index is 0.473. The molecule has 1 saturated heterocycles. The Bertz CT molecular complexity index is 650. The van der Waals surface area contributed by atoms with E-state index < -0.39 is 0 Å². The molecule has 23 heavy (non-hydrogen) atoms. The van der Waals surface area contributed by atoms with Gasteiger partial charge in [-0.2, -0.15) is 4.98 Å². The molecule has 0 radical (unpaired) electrons. The van der Waals surface area contributed by atoms with Crippen molar-refractivity contribution in [3.05, 3.63) is 46.6 Å². The van der Waals surface area contributed by atoms with E-state index >= 15 is 0 Å². The largest absolute Gasteiger partial charge is 0.338 e. The van der Waals surface area contributed by atoms with Crippen LogP contribution in [0.25, 0.3) is 0 Å². The number of rotatable bonds is 6. The Kier molecular flexibility index (Phi) is 5.11. The second-order valence-electron chi connectivity index (χ2n) is 6.63. The minimum Gasteiger partial charge on any atom is -0.338 e. The van der Waals surface area contributed by atoms with Gasteiger partial charge in [0, 0.05) is 12.5 Å². The van der Waals surface area contributed by atoms with Crippen molar-refractivity contribution in [2.75, 3.05) is 6.54 Å². The number of nitrogens with zero attached hydrogens (tertiary/aromatic N) is 3. The molecule has 1 atom stereocenters. The van der Waals surface area contributed by atoms with Gasteiger partial charge < -0.3 is 4.52 Å². The predicted molar refractivity (Wildman–Crippen MR) is 91.2 cm³/mol. The summed E-state index contributed by atoms with van der Waals surface area (Å²) in [6, 6.07) is 7.10. The van der Waals surface area contributed by atoms with Crippen LogP contribution < -0.4 is 0 Å². The van der Waals surface area contributed by atoms with Crippen molar-refractivity contribution < 1.29 is 4.52 Å². The van der Waals surface area contributed by atoms with Crippen molar-refractivity contribution in [3.63, 3.8) is 0 Å². The fourth-order valence-corrected chi connectivity index (χ4v) is 3.47. The zero-order chi connectivity index (χ0) is 16.2. The Balaban J connectivity index is 1.72. The van der Waals surface area contributed by atoms with E-state index in [2.05, 4.69) is 54.0 Å². The number of aryl methyl sites for hydroxylation is 2. The highest BCUT2D eigenvalue weighted by atomic mass is 16.5. The molecule has 2 aromatic rings. The minimum absolute atomic E-state index is 0.473. The Hall–Kier alpha value is -1.68. The molecule has 0 saturated carbocycles. The molecule has 1 aromatic heterocycles. The summed E-state index contributed by atoms with van der Waals surface area (Å²) < 4.78 is 5.46. The monoisotopic (exact) mass is 313 g/mol. The van der Waals surface area contributed by atoms with Crippen LogP contribution in [-0.4, -0.2) is 21.6 Å². The van der Waals surface area contributed by atoms with Gasteiger partial charge in [0.1, 0.15) is 0 Å². The van der Waals surface area contributed by atoms with Crippen LogP contribution in [0.3, 0.4) is 0 Å². The first-order chi connectivity index (χ1) is 11.2. The van der Waals surface area contributed by atoms with E-state index in [0.29, 0.717) is 6.04 Å². The maximum atomic E-state index is 5.46. The fraction of sp³-hybridized carbons (Fsp3) is 0.579. The second kappa shape index (κ2) is 7.26. The van der Waals surface area contributed by atoms with E-state index in [1.54, 1.807) is 0 Å². The molecule has 1 aliphatic heterocycles. The van der Waals surface area contributed by atoms with Crippen LogP contribution in [0.15, 0.2) is 22.7 Å². The summed E-state index contributed by atoms with van der Waals surface area (Å²) in [5, 5.41) is 4.11. The Labute approximate surface area is 138 Å². The number of hydrogen-bond donors (Lipinski definition) is 0. The molecule has 0 bridgehead atoms. The van der Waals surface area contributed by atoms with Crippen molar-refractivity contribution in [2.45, 2.75) is 65.5 Å². The zero-order valence-corrected chi connectivity index (χ0v) is 14.5. The third-order valence-electron chi connectivity index (χ3n) is 4.97. The Morgan fingerprint density at radius 1 is 1.30 bits per heavy atom. The number of likely N-dealkylation sites (tertiary alicyclic amines) is 1. The van der Waals surface area contributed by atoms with Gasteiger partial charge in [0.15, 0.2) is 5.82 Å². The molecular weight excluding hydrogens is 286 g/mol. The van der Waals surface area contributed by atoms with Gasteiger partial charge in [0.05, 0.1) is 6.54 Å². The molecule has 0 amide bonds. The molecule has 4 nitrogen and oxygen atoms in total. The van der Waals surface area contributed by atoms with Crippen LogP contribution in [0.1, 0.15) is 67.1 Å². The molecule has 0 unspecified atom stereocenters. The standard InChI is InChI=1S/C19H27N3O/c1-4-5-11-18-20-19(23-21-18)13-22-12-7-10-17(22)16-9-6-8-14(2)15(16)3/h6,8-9,17H,4-5,7,10-13H2,1-3H3/t17-/m1/s1. The first-order valence-corrected chi connectivity index (χ1v) is 8.80. The molecule has 2 heterocycles. The molecule has 1 aliphatic rings. The van der Waals surface area contributed by atoms with E-state index in [4.69, 9.17) is 4.52 Å². The number of benzene rings is 1. The molecule has 0 N–H and O–H groups in total. The summed E-state index contributed by atoms with van der Waals surface area (Å²) >= 11 is 0. The topological polar surface area (TPSA) is 42.2 Å². The third kappa shape index (κ3) is 3.63. The first kappa shape index (κ1) is 16.2. The van der Waals surface area contributed by atoms with Crippen LogP contribution >= 0.6 is 0 Å². The van der Waals surface area contributed by atoms with Gasteiger partial charge >= 0.3 is 0 Å². The zero-order valence-electron chi connectivity index (χ0n) is 14.5. The van der Waals surface area contributed by atoms with E-state index in [0.717, 1.165) is 44.1 Å². The van der Waals surface area contributed by atoms with Gasteiger partial charge in [-0.1, -0.05) is 36.7 Å². The quantitative estimate of drug-likeness (QED) is 0.794. The van der Waals surface area contributed by atoms with Gasteiger partial charge in [0.2, 0.25) is 5.89 Å². The van der Waals surface area contributed by atoms with E-state index in [1.165, 1.54) is 29.5 Å².